The van der Waals surface area contributed by atoms with Crippen molar-refractivity contribution in [2.45, 2.75) is 4.90 Å². The minimum absolute atomic E-state index is 0.00576. The topological polar surface area (TPSA) is 66.9 Å². The number of nitrogens with zero attached hydrogens (tertiary/aromatic N) is 2. The standard InChI is InChI=1S/C16H15ClN2O4S/c1-18-9-10-19(16(18)20)13-5-7-15(8-6-13)24(21,22)23-14-4-2-3-12(17)11-14/h2-8,11H,9-10H2,1H3. The maximum absolute atomic E-state index is 12.3. The molecule has 0 aliphatic carbocycles. The van der Waals surface area contributed by atoms with Crippen LogP contribution in [0.4, 0.5) is 10.5 Å². The molecule has 3 rings (SSSR count). The van der Waals surface area contributed by atoms with Crippen LogP contribution in [0.3, 0.4) is 0 Å². The highest BCUT2D eigenvalue weighted by Crippen LogP contribution is 2.25. The van der Waals surface area contributed by atoms with Gasteiger partial charge in [0.15, 0.2) is 0 Å². The minimum atomic E-state index is -3.97. The Kier molecular flexibility index (Phi) is 4.38. The Morgan fingerprint density at radius 2 is 1.79 bits per heavy atom. The van der Waals surface area contributed by atoms with Gasteiger partial charge in [-0.3, -0.25) is 4.90 Å². The van der Waals surface area contributed by atoms with Gasteiger partial charge in [-0.2, -0.15) is 8.42 Å². The van der Waals surface area contributed by atoms with Gasteiger partial charge in [0.25, 0.3) is 0 Å². The summed E-state index contributed by atoms with van der Waals surface area (Å²) in [4.78, 5) is 15.2. The number of hydrogen-bond acceptors (Lipinski definition) is 4. The number of benzene rings is 2. The lowest BCUT2D eigenvalue weighted by Crippen LogP contribution is -2.29. The summed E-state index contributed by atoms with van der Waals surface area (Å²) < 4.78 is 29.7. The van der Waals surface area contributed by atoms with Gasteiger partial charge in [0.1, 0.15) is 10.6 Å². The summed E-state index contributed by atoms with van der Waals surface area (Å²) >= 11 is 5.82. The van der Waals surface area contributed by atoms with Crippen molar-refractivity contribution < 1.29 is 17.4 Å². The van der Waals surface area contributed by atoms with Crippen LogP contribution in [-0.2, 0) is 10.1 Å². The van der Waals surface area contributed by atoms with Gasteiger partial charge in [0, 0.05) is 36.9 Å². The van der Waals surface area contributed by atoms with Crippen LogP contribution in [-0.4, -0.2) is 39.5 Å². The van der Waals surface area contributed by atoms with Crippen LogP contribution in [0.15, 0.2) is 53.4 Å². The maximum Gasteiger partial charge on any atom is 0.339 e. The van der Waals surface area contributed by atoms with E-state index in [4.69, 9.17) is 15.8 Å². The Balaban J connectivity index is 1.81. The normalized spacial score (nSPS) is 15.0. The fourth-order valence-corrected chi connectivity index (χ4v) is 3.48. The molecule has 1 aliphatic rings. The van der Waals surface area contributed by atoms with Crippen molar-refractivity contribution in [3.63, 3.8) is 0 Å². The van der Waals surface area contributed by atoms with Gasteiger partial charge >= 0.3 is 16.1 Å². The van der Waals surface area contributed by atoms with Crippen molar-refractivity contribution in [1.82, 2.24) is 4.90 Å². The van der Waals surface area contributed by atoms with E-state index >= 15 is 0 Å². The lowest BCUT2D eigenvalue weighted by Gasteiger charge is -2.16. The molecule has 0 unspecified atom stereocenters. The fraction of sp³-hybridized carbons (Fsp3) is 0.188. The maximum atomic E-state index is 12.3. The second-order valence-corrected chi connectivity index (χ2v) is 7.33. The molecule has 24 heavy (non-hydrogen) atoms. The number of hydrogen-bond donors (Lipinski definition) is 0. The van der Waals surface area contributed by atoms with E-state index in [0.29, 0.717) is 23.8 Å². The van der Waals surface area contributed by atoms with E-state index in [2.05, 4.69) is 0 Å². The Morgan fingerprint density at radius 3 is 2.38 bits per heavy atom. The van der Waals surface area contributed by atoms with Gasteiger partial charge in [0.05, 0.1) is 0 Å². The number of anilines is 1. The first-order chi connectivity index (χ1) is 11.4. The summed E-state index contributed by atoms with van der Waals surface area (Å²) in [6.07, 6.45) is 0. The molecule has 2 amide bonds. The van der Waals surface area contributed by atoms with Crippen molar-refractivity contribution in [2.24, 2.45) is 0 Å². The summed E-state index contributed by atoms with van der Waals surface area (Å²) in [5.41, 5.74) is 0.644. The van der Waals surface area contributed by atoms with E-state index in [-0.39, 0.29) is 16.7 Å². The molecule has 0 saturated carbocycles. The highest BCUT2D eigenvalue weighted by Gasteiger charge is 2.27. The molecule has 0 bridgehead atoms. The molecule has 1 aliphatic heterocycles. The van der Waals surface area contributed by atoms with Crippen molar-refractivity contribution >= 4 is 33.4 Å². The largest absolute Gasteiger partial charge is 0.379 e. The number of carbonyl (C=O) groups is 1. The molecule has 1 heterocycles. The molecular weight excluding hydrogens is 352 g/mol. The van der Waals surface area contributed by atoms with E-state index in [0.717, 1.165) is 0 Å². The first-order valence-electron chi connectivity index (χ1n) is 7.19. The minimum Gasteiger partial charge on any atom is -0.379 e. The number of urea groups is 1. The van der Waals surface area contributed by atoms with E-state index in [9.17, 15) is 13.2 Å². The van der Waals surface area contributed by atoms with Crippen molar-refractivity contribution in [1.29, 1.82) is 0 Å². The number of carbonyl (C=O) groups excluding carboxylic acids is 1. The Hall–Kier alpha value is -2.25. The smallest absolute Gasteiger partial charge is 0.339 e. The number of rotatable bonds is 4. The van der Waals surface area contributed by atoms with Crippen LogP contribution in [0.1, 0.15) is 0 Å². The van der Waals surface area contributed by atoms with E-state index < -0.39 is 10.1 Å². The molecular formula is C16H15ClN2O4S. The van der Waals surface area contributed by atoms with Crippen LogP contribution in [0.2, 0.25) is 5.02 Å². The molecule has 0 spiro atoms. The van der Waals surface area contributed by atoms with E-state index in [1.54, 1.807) is 41.1 Å². The predicted octanol–water partition coefficient (Wildman–Crippen LogP) is 2.98. The summed E-state index contributed by atoms with van der Waals surface area (Å²) in [7, 11) is -2.24. The zero-order valence-electron chi connectivity index (χ0n) is 12.8. The molecule has 2 aromatic carbocycles. The molecule has 2 aromatic rings. The molecule has 0 atom stereocenters. The van der Waals surface area contributed by atoms with Crippen LogP contribution >= 0.6 is 11.6 Å². The Bertz CT molecular complexity index is 868. The highest BCUT2D eigenvalue weighted by atomic mass is 35.5. The average Bonchev–Trinajstić information content (AvgIpc) is 2.87. The number of likely N-dealkylation sites (N-methyl/N-ethyl adjacent to an activating group) is 1. The Morgan fingerprint density at radius 1 is 1.08 bits per heavy atom. The third kappa shape index (κ3) is 3.32. The monoisotopic (exact) mass is 366 g/mol. The second kappa shape index (κ2) is 6.33. The quantitative estimate of drug-likeness (QED) is 0.780. The first-order valence-corrected chi connectivity index (χ1v) is 8.98. The molecule has 6 nitrogen and oxygen atoms in total. The van der Waals surface area contributed by atoms with Gasteiger partial charge in [-0.25, -0.2) is 4.79 Å². The Labute approximate surface area is 145 Å². The molecule has 8 heteroatoms. The molecule has 0 N–H and O–H groups in total. The van der Waals surface area contributed by atoms with Crippen molar-refractivity contribution in [3.8, 4) is 5.75 Å². The third-order valence-corrected chi connectivity index (χ3v) is 5.15. The van der Waals surface area contributed by atoms with Crippen molar-refractivity contribution in [3.05, 3.63) is 53.6 Å². The van der Waals surface area contributed by atoms with Crippen LogP contribution in [0, 0.1) is 0 Å². The highest BCUT2D eigenvalue weighted by molar-refractivity contribution is 7.87. The predicted molar refractivity (Wildman–Crippen MR) is 91.1 cm³/mol. The zero-order chi connectivity index (χ0) is 17.3. The molecule has 126 valence electrons. The summed E-state index contributed by atoms with van der Waals surface area (Å²) in [5, 5.41) is 0.384. The van der Waals surface area contributed by atoms with E-state index in [1.165, 1.54) is 24.3 Å². The average molecular weight is 367 g/mol. The van der Waals surface area contributed by atoms with Crippen LogP contribution in [0.5, 0.6) is 5.75 Å². The summed E-state index contributed by atoms with van der Waals surface area (Å²) in [5.74, 6) is 0.142. The molecule has 1 saturated heterocycles. The lowest BCUT2D eigenvalue weighted by atomic mass is 10.3. The number of amides is 2. The molecule has 0 radical (unpaired) electrons. The number of halogens is 1. The first kappa shape index (κ1) is 16.6. The second-order valence-electron chi connectivity index (χ2n) is 5.34. The van der Waals surface area contributed by atoms with E-state index in [1.807, 2.05) is 0 Å². The summed E-state index contributed by atoms with van der Waals surface area (Å²) in [6, 6.07) is 12.1. The van der Waals surface area contributed by atoms with Crippen LogP contribution < -0.4 is 9.08 Å². The lowest BCUT2D eigenvalue weighted by molar-refractivity contribution is 0.229. The summed E-state index contributed by atoms with van der Waals surface area (Å²) in [6.45, 7) is 1.21. The SMILES string of the molecule is CN1CCN(c2ccc(S(=O)(=O)Oc3cccc(Cl)c3)cc2)C1=O. The van der Waals surface area contributed by atoms with Gasteiger partial charge < -0.3 is 9.08 Å². The third-order valence-electron chi connectivity index (χ3n) is 3.66. The fourth-order valence-electron chi connectivity index (χ4n) is 2.37. The van der Waals surface area contributed by atoms with Gasteiger partial charge in [-0.1, -0.05) is 17.7 Å². The molecule has 0 aromatic heterocycles. The van der Waals surface area contributed by atoms with Crippen LogP contribution in [0.25, 0.3) is 0 Å². The van der Waals surface area contributed by atoms with Gasteiger partial charge in [-0.05, 0) is 36.4 Å². The van der Waals surface area contributed by atoms with Crippen molar-refractivity contribution in [2.75, 3.05) is 25.0 Å². The van der Waals surface area contributed by atoms with Gasteiger partial charge in [-0.15, -0.1) is 0 Å². The zero-order valence-corrected chi connectivity index (χ0v) is 14.4. The van der Waals surface area contributed by atoms with Gasteiger partial charge in [0.2, 0.25) is 0 Å². The molecule has 1 fully saturated rings.